The van der Waals surface area contributed by atoms with Gasteiger partial charge in [-0.15, -0.1) is 10.2 Å². The van der Waals surface area contributed by atoms with Crippen LogP contribution in [0.3, 0.4) is 0 Å². The maximum absolute atomic E-state index is 11.6. The van der Waals surface area contributed by atoms with E-state index in [9.17, 15) is 10.1 Å². The summed E-state index contributed by atoms with van der Waals surface area (Å²) in [5, 5.41) is 21.0. The first-order chi connectivity index (χ1) is 16.8. The van der Waals surface area contributed by atoms with Crippen LogP contribution in [0.15, 0.2) is 76.4 Å². The fourth-order valence-corrected chi connectivity index (χ4v) is 5.34. The fourth-order valence-electron chi connectivity index (χ4n) is 3.45. The smallest absolute Gasteiger partial charge is 0.220 e. The zero-order chi connectivity index (χ0) is 24.9. The number of nitro groups is 1. The van der Waals surface area contributed by atoms with Gasteiger partial charge in [0.05, 0.1) is 10.0 Å². The Bertz CT molecular complexity index is 1350. The summed E-state index contributed by atoms with van der Waals surface area (Å²) in [4.78, 5) is 11.3. The van der Waals surface area contributed by atoms with Gasteiger partial charge in [0.1, 0.15) is 23.4 Å². The van der Waals surface area contributed by atoms with Crippen LogP contribution in [0.2, 0.25) is 10.0 Å². The van der Waals surface area contributed by atoms with Crippen LogP contribution in [0.25, 0.3) is 5.69 Å². The van der Waals surface area contributed by atoms with Crippen molar-refractivity contribution in [2.24, 2.45) is 0 Å². The Balaban J connectivity index is 1.67. The van der Waals surface area contributed by atoms with Crippen molar-refractivity contribution in [1.82, 2.24) is 14.8 Å². The van der Waals surface area contributed by atoms with Gasteiger partial charge in [0.2, 0.25) is 6.54 Å². The summed E-state index contributed by atoms with van der Waals surface area (Å²) >= 11 is 16.9. The molecule has 35 heavy (non-hydrogen) atoms. The Labute approximate surface area is 224 Å². The Kier molecular flexibility index (Phi) is 8.33. The molecule has 1 heterocycles. The van der Waals surface area contributed by atoms with Crippen molar-refractivity contribution in [1.29, 1.82) is 0 Å². The molecule has 1 aromatic heterocycles. The highest BCUT2D eigenvalue weighted by Gasteiger charge is 2.27. The lowest BCUT2D eigenvalue weighted by atomic mass is 10.1. The van der Waals surface area contributed by atoms with E-state index in [2.05, 4.69) is 26.1 Å². The van der Waals surface area contributed by atoms with Gasteiger partial charge in [0.15, 0.2) is 5.16 Å². The normalized spacial score (nSPS) is 11.9. The number of nitrogens with zero attached hydrogens (tertiary/aromatic N) is 4. The predicted octanol–water partition coefficient (Wildman–Crippen LogP) is 7.33. The van der Waals surface area contributed by atoms with Gasteiger partial charge < -0.3 is 4.74 Å². The molecule has 11 heteroatoms. The fraction of sp³-hybridized carbons (Fsp3) is 0.167. The summed E-state index contributed by atoms with van der Waals surface area (Å²) in [5.41, 5.74) is 2.37. The molecule has 4 aromatic rings. The molecule has 0 aliphatic carbocycles. The average Bonchev–Trinajstić information content (AvgIpc) is 3.20. The topological polar surface area (TPSA) is 83.1 Å². The maximum atomic E-state index is 11.6. The zero-order valence-corrected chi connectivity index (χ0v) is 22.3. The van der Waals surface area contributed by atoms with Gasteiger partial charge in [-0.25, -0.2) is 0 Å². The molecule has 0 bridgehead atoms. The monoisotopic (exact) mass is 592 g/mol. The predicted molar refractivity (Wildman–Crippen MR) is 141 cm³/mol. The van der Waals surface area contributed by atoms with E-state index in [-0.39, 0.29) is 18.1 Å². The quantitative estimate of drug-likeness (QED) is 0.115. The second-order valence-electron chi connectivity index (χ2n) is 7.54. The number of hydrogen-bond donors (Lipinski definition) is 0. The Morgan fingerprint density at radius 2 is 1.86 bits per heavy atom. The molecule has 0 N–H and O–H groups in total. The first-order valence-corrected chi connectivity index (χ1v) is 12.9. The van der Waals surface area contributed by atoms with Crippen molar-refractivity contribution in [3.63, 3.8) is 0 Å². The third kappa shape index (κ3) is 6.35. The highest BCUT2D eigenvalue weighted by molar-refractivity contribution is 9.10. The van der Waals surface area contributed by atoms with Gasteiger partial charge in [-0.1, -0.05) is 75.2 Å². The van der Waals surface area contributed by atoms with Crippen LogP contribution in [-0.4, -0.2) is 26.2 Å². The Hall–Kier alpha value is -2.59. The molecule has 0 aliphatic heterocycles. The van der Waals surface area contributed by atoms with Crippen LogP contribution in [0.1, 0.15) is 22.2 Å². The summed E-state index contributed by atoms with van der Waals surface area (Å²) in [6.45, 7) is 1.74. The SMILES string of the molecule is Cc1nnc(S[C@H](C[N+](=O)[O-])c2cc(Br)ccc2OCc2ccc(Cl)c(Cl)c2)n1-c1ccccc1. The minimum absolute atomic E-state index is 0.223. The van der Waals surface area contributed by atoms with E-state index in [0.29, 0.717) is 32.3 Å². The first-order valence-electron chi connectivity index (χ1n) is 10.4. The number of halogens is 3. The molecule has 4 rings (SSSR count). The average molecular weight is 594 g/mol. The molecule has 0 fully saturated rings. The van der Waals surface area contributed by atoms with E-state index < -0.39 is 5.25 Å². The van der Waals surface area contributed by atoms with Crippen LogP contribution in [0.5, 0.6) is 5.75 Å². The van der Waals surface area contributed by atoms with E-state index in [0.717, 1.165) is 15.7 Å². The van der Waals surface area contributed by atoms with Crippen molar-refractivity contribution >= 4 is 50.9 Å². The van der Waals surface area contributed by atoms with E-state index in [1.54, 1.807) is 18.2 Å². The molecule has 180 valence electrons. The lowest BCUT2D eigenvalue weighted by Gasteiger charge is -2.18. The van der Waals surface area contributed by atoms with Gasteiger partial charge in [-0.05, 0) is 55.0 Å². The number of aromatic nitrogens is 3. The Morgan fingerprint density at radius 3 is 2.57 bits per heavy atom. The van der Waals surface area contributed by atoms with Crippen molar-refractivity contribution < 1.29 is 9.66 Å². The van der Waals surface area contributed by atoms with Crippen molar-refractivity contribution in [2.75, 3.05) is 6.54 Å². The number of rotatable bonds is 9. The number of ether oxygens (including phenoxy) is 1. The summed E-state index contributed by atoms with van der Waals surface area (Å²) in [6, 6.07) is 20.3. The highest BCUT2D eigenvalue weighted by Crippen LogP contribution is 2.41. The number of para-hydroxylation sites is 1. The molecule has 7 nitrogen and oxygen atoms in total. The number of hydrogen-bond acceptors (Lipinski definition) is 6. The largest absolute Gasteiger partial charge is 0.489 e. The van der Waals surface area contributed by atoms with Crippen LogP contribution < -0.4 is 4.74 Å². The highest BCUT2D eigenvalue weighted by atomic mass is 79.9. The number of benzene rings is 3. The third-order valence-electron chi connectivity index (χ3n) is 5.07. The maximum Gasteiger partial charge on any atom is 0.220 e. The standard InChI is InChI=1S/C24H19BrCl2N4O3S/c1-15-28-29-24(31(15)18-5-3-2-4-6-18)35-23(13-30(32)33)19-12-17(25)8-10-22(19)34-14-16-7-9-20(26)21(27)11-16/h2-12,23H,13-14H2,1H3/t23-/m1/s1. The van der Waals surface area contributed by atoms with Crippen LogP contribution >= 0.6 is 50.9 Å². The minimum Gasteiger partial charge on any atom is -0.489 e. The summed E-state index contributed by atoms with van der Waals surface area (Å²) in [7, 11) is 0. The molecule has 0 saturated heterocycles. The summed E-state index contributed by atoms with van der Waals surface area (Å²) < 4.78 is 8.75. The lowest BCUT2D eigenvalue weighted by Crippen LogP contribution is -2.12. The van der Waals surface area contributed by atoms with E-state index in [1.807, 2.05) is 60.0 Å². The summed E-state index contributed by atoms with van der Waals surface area (Å²) in [6.07, 6.45) is 0. The van der Waals surface area contributed by atoms with E-state index in [4.69, 9.17) is 27.9 Å². The van der Waals surface area contributed by atoms with Crippen molar-refractivity contribution in [3.05, 3.63) is 108 Å². The van der Waals surface area contributed by atoms with E-state index in [1.165, 1.54) is 11.8 Å². The second kappa shape index (κ2) is 11.4. The third-order valence-corrected chi connectivity index (χ3v) is 7.46. The molecule has 0 unspecified atom stereocenters. The molecular formula is C24H19BrCl2N4O3S. The van der Waals surface area contributed by atoms with Gasteiger partial charge in [-0.3, -0.25) is 14.7 Å². The number of aryl methyl sites for hydroxylation is 1. The van der Waals surface area contributed by atoms with Crippen LogP contribution in [-0.2, 0) is 6.61 Å². The van der Waals surface area contributed by atoms with Crippen LogP contribution in [0, 0.1) is 17.0 Å². The molecular weight excluding hydrogens is 575 g/mol. The van der Waals surface area contributed by atoms with Gasteiger partial charge in [0, 0.05) is 20.6 Å². The molecule has 0 saturated carbocycles. The van der Waals surface area contributed by atoms with Crippen LogP contribution in [0.4, 0.5) is 0 Å². The Morgan fingerprint density at radius 1 is 1.09 bits per heavy atom. The van der Waals surface area contributed by atoms with Crippen molar-refractivity contribution in [3.8, 4) is 11.4 Å². The molecule has 0 spiro atoms. The van der Waals surface area contributed by atoms with Gasteiger partial charge >= 0.3 is 0 Å². The van der Waals surface area contributed by atoms with E-state index >= 15 is 0 Å². The molecule has 0 radical (unpaired) electrons. The molecule has 3 aromatic carbocycles. The minimum atomic E-state index is -0.586. The molecule has 0 amide bonds. The molecule has 0 aliphatic rings. The molecule has 1 atom stereocenters. The second-order valence-corrected chi connectivity index (χ2v) is 10.4. The lowest BCUT2D eigenvalue weighted by molar-refractivity contribution is -0.479. The number of thioether (sulfide) groups is 1. The van der Waals surface area contributed by atoms with Crippen molar-refractivity contribution in [2.45, 2.75) is 23.9 Å². The van der Waals surface area contributed by atoms with Gasteiger partial charge in [-0.2, -0.15) is 0 Å². The van der Waals surface area contributed by atoms with Gasteiger partial charge in [0.25, 0.3) is 0 Å². The zero-order valence-electron chi connectivity index (χ0n) is 18.4. The first kappa shape index (κ1) is 25.5. The summed E-state index contributed by atoms with van der Waals surface area (Å²) in [5.74, 6) is 1.21.